The first-order valence-corrected chi connectivity index (χ1v) is 7.72. The van der Waals surface area contributed by atoms with Crippen molar-refractivity contribution in [3.05, 3.63) is 45.8 Å². The van der Waals surface area contributed by atoms with E-state index in [-0.39, 0.29) is 11.9 Å². The minimum atomic E-state index is -0.228. The summed E-state index contributed by atoms with van der Waals surface area (Å²) in [4.78, 5) is 12.3. The van der Waals surface area contributed by atoms with E-state index in [4.69, 9.17) is 13.9 Å². The quantitative estimate of drug-likeness (QED) is 0.907. The molecular formula is C16H16BrNO4. The fourth-order valence-electron chi connectivity index (χ4n) is 2.49. The van der Waals surface area contributed by atoms with Gasteiger partial charge in [0.2, 0.25) is 0 Å². The fraction of sp³-hybridized carbons (Fsp3) is 0.312. The Kier molecular flexibility index (Phi) is 4.11. The Hall–Kier alpha value is -1.95. The highest BCUT2D eigenvalue weighted by Crippen LogP contribution is 2.29. The minimum Gasteiger partial charge on any atom is -0.497 e. The van der Waals surface area contributed by atoms with Gasteiger partial charge in [0.25, 0.3) is 5.91 Å². The van der Waals surface area contributed by atoms with Gasteiger partial charge in [-0.15, -0.1) is 0 Å². The van der Waals surface area contributed by atoms with Gasteiger partial charge in [0.15, 0.2) is 10.4 Å². The molecule has 1 atom stereocenters. The van der Waals surface area contributed by atoms with Crippen molar-refractivity contribution in [1.82, 2.24) is 5.32 Å². The van der Waals surface area contributed by atoms with E-state index in [9.17, 15) is 4.79 Å². The molecule has 0 aliphatic carbocycles. The second kappa shape index (κ2) is 6.04. The number of halogens is 1. The van der Waals surface area contributed by atoms with E-state index in [1.54, 1.807) is 13.2 Å². The first-order chi connectivity index (χ1) is 10.6. The van der Waals surface area contributed by atoms with Crippen LogP contribution in [0.4, 0.5) is 0 Å². The van der Waals surface area contributed by atoms with Crippen LogP contribution in [0.3, 0.4) is 0 Å². The van der Waals surface area contributed by atoms with E-state index in [1.807, 2.05) is 25.1 Å². The molecule has 1 unspecified atom stereocenters. The van der Waals surface area contributed by atoms with Crippen LogP contribution in [-0.2, 0) is 6.42 Å². The number of aryl methyl sites for hydroxylation is 1. The molecular weight excluding hydrogens is 350 g/mol. The van der Waals surface area contributed by atoms with Gasteiger partial charge in [-0.1, -0.05) is 6.07 Å². The first kappa shape index (κ1) is 15.0. The van der Waals surface area contributed by atoms with E-state index >= 15 is 0 Å². The number of benzene rings is 1. The third kappa shape index (κ3) is 2.97. The summed E-state index contributed by atoms with van der Waals surface area (Å²) in [5.41, 5.74) is 1.85. The normalized spacial score (nSPS) is 16.6. The molecule has 1 N–H and O–H groups in total. The standard InChI is InChI=1S/C16H16BrNO4/c1-9-5-14(17)22-15(9)16(19)18-11-6-10-3-4-12(20-2)7-13(10)21-8-11/h3-5,7,11H,6,8H2,1-2H3,(H,18,19). The van der Waals surface area contributed by atoms with Crippen LogP contribution in [0.5, 0.6) is 11.5 Å². The van der Waals surface area contributed by atoms with Crippen LogP contribution in [-0.4, -0.2) is 25.7 Å². The predicted octanol–water partition coefficient (Wildman–Crippen LogP) is 3.09. The number of carbonyl (C=O) groups is 1. The maximum Gasteiger partial charge on any atom is 0.287 e. The molecule has 0 spiro atoms. The molecule has 116 valence electrons. The van der Waals surface area contributed by atoms with Crippen LogP contribution in [0.25, 0.3) is 0 Å². The number of amides is 1. The van der Waals surface area contributed by atoms with Crippen LogP contribution in [0.15, 0.2) is 33.4 Å². The molecule has 3 rings (SSSR count). The van der Waals surface area contributed by atoms with Gasteiger partial charge in [0.05, 0.1) is 13.2 Å². The number of fused-ring (bicyclic) bond motifs is 1. The molecule has 1 aliphatic heterocycles. The smallest absolute Gasteiger partial charge is 0.287 e. The summed E-state index contributed by atoms with van der Waals surface area (Å²) in [6, 6.07) is 7.40. The van der Waals surface area contributed by atoms with Crippen molar-refractivity contribution in [3.63, 3.8) is 0 Å². The van der Waals surface area contributed by atoms with Gasteiger partial charge in [-0.3, -0.25) is 4.79 Å². The summed E-state index contributed by atoms with van der Waals surface area (Å²) in [5.74, 6) is 1.67. The van der Waals surface area contributed by atoms with E-state index in [0.717, 1.165) is 22.6 Å². The van der Waals surface area contributed by atoms with Crippen molar-refractivity contribution in [2.45, 2.75) is 19.4 Å². The number of ether oxygens (including phenoxy) is 2. The molecule has 0 saturated heterocycles. The molecule has 1 aromatic heterocycles. The van der Waals surface area contributed by atoms with Crippen molar-refractivity contribution in [2.75, 3.05) is 13.7 Å². The van der Waals surface area contributed by atoms with Crippen molar-refractivity contribution < 1.29 is 18.7 Å². The number of hydrogen-bond donors (Lipinski definition) is 1. The summed E-state index contributed by atoms with van der Waals surface area (Å²) in [5, 5.41) is 2.95. The molecule has 6 heteroatoms. The van der Waals surface area contributed by atoms with Gasteiger partial charge >= 0.3 is 0 Å². The molecule has 0 fully saturated rings. The lowest BCUT2D eigenvalue weighted by Crippen LogP contribution is -2.42. The summed E-state index contributed by atoms with van der Waals surface area (Å²) < 4.78 is 16.8. The second-order valence-corrected chi connectivity index (χ2v) is 6.00. The van der Waals surface area contributed by atoms with Crippen molar-refractivity contribution >= 4 is 21.8 Å². The zero-order chi connectivity index (χ0) is 15.7. The molecule has 1 aliphatic rings. The van der Waals surface area contributed by atoms with Gasteiger partial charge in [-0.2, -0.15) is 0 Å². The number of nitrogens with one attached hydrogen (secondary N) is 1. The zero-order valence-electron chi connectivity index (χ0n) is 12.3. The Morgan fingerprint density at radius 1 is 1.41 bits per heavy atom. The highest BCUT2D eigenvalue weighted by Gasteiger charge is 2.24. The first-order valence-electron chi connectivity index (χ1n) is 6.93. The minimum absolute atomic E-state index is 0.0864. The molecule has 2 heterocycles. The monoisotopic (exact) mass is 365 g/mol. The molecule has 1 amide bonds. The molecule has 2 aromatic rings. The van der Waals surface area contributed by atoms with Gasteiger partial charge in [-0.25, -0.2) is 0 Å². The van der Waals surface area contributed by atoms with Crippen LogP contribution >= 0.6 is 15.9 Å². The molecule has 22 heavy (non-hydrogen) atoms. The van der Waals surface area contributed by atoms with Gasteiger partial charge < -0.3 is 19.2 Å². The molecule has 0 bridgehead atoms. The number of rotatable bonds is 3. The SMILES string of the molecule is COc1ccc2c(c1)OCC(NC(=O)c1oc(Br)cc1C)C2. The van der Waals surface area contributed by atoms with Gasteiger partial charge in [-0.05, 0) is 47.0 Å². The Morgan fingerprint density at radius 2 is 2.23 bits per heavy atom. The Labute approximate surface area is 136 Å². The average molecular weight is 366 g/mol. The van der Waals surface area contributed by atoms with Crippen molar-refractivity contribution in [3.8, 4) is 11.5 Å². The maximum absolute atomic E-state index is 12.3. The lowest BCUT2D eigenvalue weighted by molar-refractivity contribution is 0.0885. The van der Waals surface area contributed by atoms with Crippen molar-refractivity contribution in [1.29, 1.82) is 0 Å². The van der Waals surface area contributed by atoms with Crippen molar-refractivity contribution in [2.24, 2.45) is 0 Å². The summed E-state index contributed by atoms with van der Waals surface area (Å²) >= 11 is 3.23. The predicted molar refractivity (Wildman–Crippen MR) is 84.6 cm³/mol. The highest BCUT2D eigenvalue weighted by atomic mass is 79.9. The van der Waals surface area contributed by atoms with E-state index in [1.165, 1.54) is 0 Å². The summed E-state index contributed by atoms with van der Waals surface area (Å²) in [6.07, 6.45) is 0.714. The fourth-order valence-corrected chi connectivity index (χ4v) is 3.00. The number of methoxy groups -OCH3 is 1. The Balaban J connectivity index is 1.70. The Morgan fingerprint density at radius 3 is 2.91 bits per heavy atom. The number of carbonyl (C=O) groups excluding carboxylic acids is 1. The molecule has 0 radical (unpaired) electrons. The van der Waals surface area contributed by atoms with Crippen LogP contribution in [0.2, 0.25) is 0 Å². The largest absolute Gasteiger partial charge is 0.497 e. The third-order valence-corrected chi connectivity index (χ3v) is 4.00. The lowest BCUT2D eigenvalue weighted by atomic mass is 10.0. The topological polar surface area (TPSA) is 60.7 Å². The lowest BCUT2D eigenvalue weighted by Gasteiger charge is -2.26. The van der Waals surface area contributed by atoms with Crippen LogP contribution < -0.4 is 14.8 Å². The molecule has 0 saturated carbocycles. The van der Waals surface area contributed by atoms with Crippen LogP contribution in [0.1, 0.15) is 21.7 Å². The van der Waals surface area contributed by atoms with E-state index in [0.29, 0.717) is 23.5 Å². The third-order valence-electron chi connectivity index (χ3n) is 3.61. The zero-order valence-corrected chi connectivity index (χ0v) is 13.9. The summed E-state index contributed by atoms with van der Waals surface area (Å²) in [7, 11) is 1.62. The van der Waals surface area contributed by atoms with E-state index in [2.05, 4.69) is 21.2 Å². The van der Waals surface area contributed by atoms with Crippen LogP contribution in [0, 0.1) is 6.92 Å². The molecule has 5 nitrogen and oxygen atoms in total. The number of hydrogen-bond acceptors (Lipinski definition) is 4. The molecule has 1 aromatic carbocycles. The summed E-state index contributed by atoms with van der Waals surface area (Å²) in [6.45, 7) is 2.26. The van der Waals surface area contributed by atoms with Gasteiger partial charge in [0.1, 0.15) is 18.1 Å². The second-order valence-electron chi connectivity index (χ2n) is 5.22. The maximum atomic E-state index is 12.3. The highest BCUT2D eigenvalue weighted by molar-refractivity contribution is 9.10. The Bertz CT molecular complexity index is 710. The number of furan rings is 1. The average Bonchev–Trinajstić information content (AvgIpc) is 2.85. The van der Waals surface area contributed by atoms with Gasteiger partial charge in [0, 0.05) is 11.6 Å². The van der Waals surface area contributed by atoms with E-state index < -0.39 is 0 Å².